The first-order valence-electron chi connectivity index (χ1n) is 8.31. The van der Waals surface area contributed by atoms with Crippen LogP contribution >= 0.6 is 0 Å². The summed E-state index contributed by atoms with van der Waals surface area (Å²) in [6.45, 7) is 4.18. The van der Waals surface area contributed by atoms with Crippen molar-refractivity contribution in [3.05, 3.63) is 41.7 Å². The third-order valence-electron chi connectivity index (χ3n) is 4.03. The standard InChI is InChI=1S/C18H24N4O2/c1-13-21-17(19-11-14-6-3-4-8-16(14)23-2)10-18(22-13)20-12-15-7-5-9-24-15/h3-4,6,8,10,15H,5,7,9,11-12H2,1-2H3,(H2,19,20,21,22). The van der Waals surface area contributed by atoms with E-state index in [4.69, 9.17) is 9.47 Å². The predicted octanol–water partition coefficient (Wildman–Crippen LogP) is 3.00. The van der Waals surface area contributed by atoms with E-state index in [9.17, 15) is 0 Å². The third-order valence-corrected chi connectivity index (χ3v) is 4.03. The Balaban J connectivity index is 1.62. The summed E-state index contributed by atoms with van der Waals surface area (Å²) in [6.07, 6.45) is 2.53. The molecule has 0 aliphatic carbocycles. The summed E-state index contributed by atoms with van der Waals surface area (Å²) in [5.74, 6) is 3.21. The number of hydrogen-bond acceptors (Lipinski definition) is 6. The van der Waals surface area contributed by atoms with E-state index in [2.05, 4.69) is 20.6 Å². The molecule has 6 nitrogen and oxygen atoms in total. The van der Waals surface area contributed by atoms with Crippen molar-refractivity contribution in [1.29, 1.82) is 0 Å². The first kappa shape index (κ1) is 16.5. The first-order chi connectivity index (χ1) is 11.7. The van der Waals surface area contributed by atoms with Crippen molar-refractivity contribution in [3.8, 4) is 5.75 Å². The molecular weight excluding hydrogens is 304 g/mol. The summed E-state index contributed by atoms with van der Waals surface area (Å²) < 4.78 is 11.0. The van der Waals surface area contributed by atoms with Gasteiger partial charge in [0.1, 0.15) is 23.2 Å². The number of ether oxygens (including phenoxy) is 2. The Morgan fingerprint density at radius 2 is 2.00 bits per heavy atom. The van der Waals surface area contributed by atoms with Gasteiger partial charge >= 0.3 is 0 Å². The Morgan fingerprint density at radius 3 is 2.75 bits per heavy atom. The number of rotatable bonds is 7. The lowest BCUT2D eigenvalue weighted by molar-refractivity contribution is 0.120. The molecule has 2 N–H and O–H groups in total. The average molecular weight is 328 g/mol. The van der Waals surface area contributed by atoms with Gasteiger partial charge in [-0.1, -0.05) is 18.2 Å². The Labute approximate surface area is 142 Å². The minimum absolute atomic E-state index is 0.283. The molecule has 0 radical (unpaired) electrons. The Kier molecular flexibility index (Phi) is 5.48. The molecule has 2 aromatic rings. The van der Waals surface area contributed by atoms with Crippen molar-refractivity contribution in [3.63, 3.8) is 0 Å². The SMILES string of the molecule is COc1ccccc1CNc1cc(NCC2CCCO2)nc(C)n1. The molecule has 128 valence electrons. The van der Waals surface area contributed by atoms with Crippen LogP contribution in [0.5, 0.6) is 5.75 Å². The van der Waals surface area contributed by atoms with E-state index in [0.29, 0.717) is 6.54 Å². The smallest absolute Gasteiger partial charge is 0.132 e. The number of methoxy groups -OCH3 is 1. The van der Waals surface area contributed by atoms with Crippen molar-refractivity contribution in [2.45, 2.75) is 32.4 Å². The molecule has 1 aliphatic heterocycles. The van der Waals surface area contributed by atoms with Crippen LogP contribution in [0.25, 0.3) is 0 Å². The average Bonchev–Trinajstić information content (AvgIpc) is 3.11. The van der Waals surface area contributed by atoms with Gasteiger partial charge in [-0.2, -0.15) is 0 Å². The molecule has 1 saturated heterocycles. The summed E-state index contributed by atoms with van der Waals surface area (Å²) in [5, 5.41) is 6.69. The van der Waals surface area contributed by atoms with Gasteiger partial charge in [0.15, 0.2) is 0 Å². The minimum Gasteiger partial charge on any atom is -0.496 e. The van der Waals surface area contributed by atoms with Crippen LogP contribution in [0.2, 0.25) is 0 Å². The lowest BCUT2D eigenvalue weighted by atomic mass is 10.2. The van der Waals surface area contributed by atoms with Crippen molar-refractivity contribution in [1.82, 2.24) is 9.97 Å². The largest absolute Gasteiger partial charge is 0.496 e. The fraction of sp³-hybridized carbons (Fsp3) is 0.444. The Morgan fingerprint density at radius 1 is 1.21 bits per heavy atom. The van der Waals surface area contributed by atoms with Crippen LogP contribution in [0, 0.1) is 6.92 Å². The van der Waals surface area contributed by atoms with Crippen molar-refractivity contribution < 1.29 is 9.47 Å². The van der Waals surface area contributed by atoms with Gasteiger partial charge in [0, 0.05) is 31.3 Å². The number of hydrogen-bond donors (Lipinski definition) is 2. The molecule has 1 atom stereocenters. The fourth-order valence-corrected chi connectivity index (χ4v) is 2.81. The lowest BCUT2D eigenvalue weighted by Crippen LogP contribution is -2.19. The predicted molar refractivity (Wildman–Crippen MR) is 94.6 cm³/mol. The van der Waals surface area contributed by atoms with Gasteiger partial charge in [-0.15, -0.1) is 0 Å². The Hall–Kier alpha value is -2.34. The molecule has 3 rings (SSSR count). The second-order valence-electron chi connectivity index (χ2n) is 5.87. The number of nitrogens with one attached hydrogen (secondary N) is 2. The van der Waals surface area contributed by atoms with E-state index in [0.717, 1.165) is 54.8 Å². The normalized spacial score (nSPS) is 16.8. The quantitative estimate of drug-likeness (QED) is 0.814. The second kappa shape index (κ2) is 7.97. The minimum atomic E-state index is 0.283. The van der Waals surface area contributed by atoms with Crippen LogP contribution in [0.15, 0.2) is 30.3 Å². The molecule has 0 bridgehead atoms. The van der Waals surface area contributed by atoms with E-state index in [1.807, 2.05) is 37.3 Å². The van der Waals surface area contributed by atoms with Gasteiger partial charge in [0.2, 0.25) is 0 Å². The number of aryl methyl sites for hydroxylation is 1. The maximum absolute atomic E-state index is 5.63. The summed E-state index contributed by atoms with van der Waals surface area (Å²) in [7, 11) is 1.68. The number of para-hydroxylation sites is 1. The van der Waals surface area contributed by atoms with Crippen LogP contribution < -0.4 is 15.4 Å². The van der Waals surface area contributed by atoms with Gasteiger partial charge in [-0.25, -0.2) is 9.97 Å². The molecule has 6 heteroatoms. The maximum Gasteiger partial charge on any atom is 0.132 e. The fourth-order valence-electron chi connectivity index (χ4n) is 2.81. The van der Waals surface area contributed by atoms with Gasteiger partial charge in [-0.05, 0) is 25.8 Å². The zero-order chi connectivity index (χ0) is 16.8. The molecule has 1 fully saturated rings. The summed E-state index contributed by atoms with van der Waals surface area (Å²) in [6, 6.07) is 9.88. The molecule has 1 aromatic carbocycles. The van der Waals surface area contributed by atoms with E-state index < -0.39 is 0 Å². The highest BCUT2D eigenvalue weighted by Gasteiger charge is 2.15. The molecule has 24 heavy (non-hydrogen) atoms. The number of aromatic nitrogens is 2. The zero-order valence-corrected chi connectivity index (χ0v) is 14.2. The van der Waals surface area contributed by atoms with Crippen molar-refractivity contribution in [2.75, 3.05) is 30.9 Å². The molecule has 1 aromatic heterocycles. The van der Waals surface area contributed by atoms with Gasteiger partial charge in [0.05, 0.1) is 13.2 Å². The van der Waals surface area contributed by atoms with Crippen molar-refractivity contribution in [2.24, 2.45) is 0 Å². The monoisotopic (exact) mass is 328 g/mol. The molecule has 0 spiro atoms. The van der Waals surface area contributed by atoms with Crippen LogP contribution in [0.3, 0.4) is 0 Å². The molecule has 0 amide bonds. The van der Waals surface area contributed by atoms with Crippen LogP contribution in [-0.4, -0.2) is 36.3 Å². The number of nitrogens with zero attached hydrogens (tertiary/aromatic N) is 2. The van der Waals surface area contributed by atoms with Crippen LogP contribution in [-0.2, 0) is 11.3 Å². The molecule has 2 heterocycles. The van der Waals surface area contributed by atoms with E-state index >= 15 is 0 Å². The van der Waals surface area contributed by atoms with Crippen LogP contribution in [0.1, 0.15) is 24.2 Å². The highest BCUT2D eigenvalue weighted by atomic mass is 16.5. The van der Waals surface area contributed by atoms with Crippen LogP contribution in [0.4, 0.5) is 11.6 Å². The third kappa shape index (κ3) is 4.35. The summed E-state index contributed by atoms with van der Waals surface area (Å²) in [5.41, 5.74) is 1.09. The lowest BCUT2D eigenvalue weighted by Gasteiger charge is -2.14. The van der Waals surface area contributed by atoms with E-state index in [1.165, 1.54) is 0 Å². The van der Waals surface area contributed by atoms with E-state index in [1.54, 1.807) is 7.11 Å². The van der Waals surface area contributed by atoms with Gasteiger partial charge < -0.3 is 20.1 Å². The molecular formula is C18H24N4O2. The van der Waals surface area contributed by atoms with Gasteiger partial charge in [0.25, 0.3) is 0 Å². The second-order valence-corrected chi connectivity index (χ2v) is 5.87. The van der Waals surface area contributed by atoms with Crippen molar-refractivity contribution >= 4 is 11.6 Å². The van der Waals surface area contributed by atoms with Gasteiger partial charge in [-0.3, -0.25) is 0 Å². The molecule has 1 aliphatic rings. The van der Waals surface area contributed by atoms with E-state index in [-0.39, 0.29) is 6.10 Å². The number of anilines is 2. The molecule has 0 saturated carbocycles. The highest BCUT2D eigenvalue weighted by Crippen LogP contribution is 2.20. The topological polar surface area (TPSA) is 68.3 Å². The molecule has 1 unspecified atom stereocenters. The number of benzene rings is 1. The highest BCUT2D eigenvalue weighted by molar-refractivity contribution is 5.48. The zero-order valence-electron chi connectivity index (χ0n) is 14.2. The summed E-state index contributed by atoms with van der Waals surface area (Å²) in [4.78, 5) is 8.89. The summed E-state index contributed by atoms with van der Waals surface area (Å²) >= 11 is 0. The Bertz CT molecular complexity index is 672. The maximum atomic E-state index is 5.63. The first-order valence-corrected chi connectivity index (χ1v) is 8.31.